The minimum Gasteiger partial charge on any atom is -0.490 e. The second-order valence-electron chi connectivity index (χ2n) is 4.04. The van der Waals surface area contributed by atoms with Crippen LogP contribution in [0, 0.1) is 0 Å². The highest BCUT2D eigenvalue weighted by atomic mass is 35.5. The summed E-state index contributed by atoms with van der Waals surface area (Å²) >= 11 is 0. The first-order valence-corrected chi connectivity index (χ1v) is 6.67. The van der Waals surface area contributed by atoms with Crippen LogP contribution in [0.2, 0.25) is 0 Å². The lowest BCUT2D eigenvalue weighted by atomic mass is 10.2. The quantitative estimate of drug-likeness (QED) is 0.756. The highest BCUT2D eigenvalue weighted by Gasteiger charge is 2.05. The number of halogens is 1. The van der Waals surface area contributed by atoms with Gasteiger partial charge in [-0.15, -0.1) is 12.4 Å². The Labute approximate surface area is 131 Å². The molecule has 2 aromatic rings. The highest BCUT2D eigenvalue weighted by Crippen LogP contribution is 2.31. The van der Waals surface area contributed by atoms with Crippen molar-refractivity contribution >= 4 is 24.3 Å². The standard InChI is InChI=1S/C16H18N2O2.ClH/c1-3-19-15-6-5-14(11-16(15)20-4-2)18-12-13-7-9-17-10-8-13;/h5-12H,3-4H2,1-2H3;1H. The molecule has 0 bridgehead atoms. The summed E-state index contributed by atoms with van der Waals surface area (Å²) in [6.45, 7) is 5.10. The molecular weight excluding hydrogens is 288 g/mol. The molecule has 0 unspecified atom stereocenters. The van der Waals surface area contributed by atoms with E-state index in [2.05, 4.69) is 9.98 Å². The largest absolute Gasteiger partial charge is 0.490 e. The van der Waals surface area contributed by atoms with E-state index in [0.29, 0.717) is 13.2 Å². The number of aliphatic imine (C=N–C) groups is 1. The first-order chi connectivity index (χ1) is 9.83. The van der Waals surface area contributed by atoms with Crippen LogP contribution >= 0.6 is 12.4 Å². The van der Waals surface area contributed by atoms with E-state index >= 15 is 0 Å². The molecule has 1 aromatic carbocycles. The van der Waals surface area contributed by atoms with Gasteiger partial charge in [-0.25, -0.2) is 0 Å². The number of rotatable bonds is 6. The molecule has 0 aliphatic rings. The molecule has 4 nitrogen and oxygen atoms in total. The average molecular weight is 307 g/mol. The summed E-state index contributed by atoms with van der Waals surface area (Å²) in [6, 6.07) is 9.48. The molecule has 112 valence electrons. The minimum absolute atomic E-state index is 0. The van der Waals surface area contributed by atoms with Crippen molar-refractivity contribution in [2.24, 2.45) is 4.99 Å². The second-order valence-corrected chi connectivity index (χ2v) is 4.04. The van der Waals surface area contributed by atoms with Gasteiger partial charge in [0.2, 0.25) is 0 Å². The van der Waals surface area contributed by atoms with Crippen LogP contribution in [0.1, 0.15) is 19.4 Å². The summed E-state index contributed by atoms with van der Waals surface area (Å²) in [5, 5.41) is 0. The van der Waals surface area contributed by atoms with Gasteiger partial charge in [0.25, 0.3) is 0 Å². The summed E-state index contributed by atoms with van der Waals surface area (Å²) < 4.78 is 11.1. The van der Waals surface area contributed by atoms with Crippen molar-refractivity contribution in [1.29, 1.82) is 0 Å². The Morgan fingerprint density at radius 3 is 2.33 bits per heavy atom. The molecule has 0 atom stereocenters. The number of nitrogens with zero attached hydrogens (tertiary/aromatic N) is 2. The lowest BCUT2D eigenvalue weighted by Gasteiger charge is -2.10. The number of pyridine rings is 1. The average Bonchev–Trinajstić information content (AvgIpc) is 2.49. The first-order valence-electron chi connectivity index (χ1n) is 6.67. The Bertz CT molecular complexity index is 574. The van der Waals surface area contributed by atoms with Crippen molar-refractivity contribution in [2.45, 2.75) is 13.8 Å². The molecule has 0 fully saturated rings. The Balaban J connectivity index is 0.00000220. The molecule has 2 rings (SSSR count). The van der Waals surface area contributed by atoms with E-state index < -0.39 is 0 Å². The number of hydrogen-bond acceptors (Lipinski definition) is 4. The highest BCUT2D eigenvalue weighted by molar-refractivity contribution is 5.85. The van der Waals surface area contributed by atoms with Gasteiger partial charge in [-0.2, -0.15) is 0 Å². The smallest absolute Gasteiger partial charge is 0.163 e. The van der Waals surface area contributed by atoms with Gasteiger partial charge in [0.15, 0.2) is 11.5 Å². The van der Waals surface area contributed by atoms with Gasteiger partial charge in [-0.05, 0) is 43.7 Å². The van der Waals surface area contributed by atoms with Crippen LogP contribution in [0.4, 0.5) is 5.69 Å². The van der Waals surface area contributed by atoms with Crippen molar-refractivity contribution in [3.63, 3.8) is 0 Å². The molecular formula is C16H19ClN2O2. The molecule has 0 radical (unpaired) electrons. The van der Waals surface area contributed by atoms with Gasteiger partial charge in [0, 0.05) is 24.7 Å². The third-order valence-corrected chi connectivity index (χ3v) is 2.60. The Hall–Kier alpha value is -2.07. The van der Waals surface area contributed by atoms with Crippen LogP contribution in [0.15, 0.2) is 47.7 Å². The summed E-state index contributed by atoms with van der Waals surface area (Å²) in [4.78, 5) is 8.40. The summed E-state index contributed by atoms with van der Waals surface area (Å²) in [5.41, 5.74) is 1.83. The topological polar surface area (TPSA) is 43.7 Å². The van der Waals surface area contributed by atoms with E-state index in [1.807, 2.05) is 44.2 Å². The van der Waals surface area contributed by atoms with Crippen molar-refractivity contribution < 1.29 is 9.47 Å². The molecule has 0 N–H and O–H groups in total. The van der Waals surface area contributed by atoms with Gasteiger partial charge in [-0.3, -0.25) is 9.98 Å². The fourth-order valence-electron chi connectivity index (χ4n) is 1.72. The third-order valence-electron chi connectivity index (χ3n) is 2.60. The maximum atomic E-state index is 5.57. The van der Waals surface area contributed by atoms with Crippen LogP contribution < -0.4 is 9.47 Å². The summed E-state index contributed by atoms with van der Waals surface area (Å²) in [5.74, 6) is 1.47. The zero-order valence-corrected chi connectivity index (χ0v) is 13.0. The SMILES string of the molecule is CCOc1ccc(N=Cc2ccncc2)cc1OCC.Cl. The maximum Gasteiger partial charge on any atom is 0.163 e. The Morgan fingerprint density at radius 1 is 1.00 bits per heavy atom. The molecule has 5 heteroatoms. The molecule has 1 heterocycles. The molecule has 0 saturated heterocycles. The second kappa shape index (κ2) is 8.97. The van der Waals surface area contributed by atoms with Gasteiger partial charge in [0.05, 0.1) is 18.9 Å². The molecule has 0 saturated carbocycles. The predicted octanol–water partition coefficient (Wildman–Crippen LogP) is 4.05. The van der Waals surface area contributed by atoms with Crippen molar-refractivity contribution in [3.8, 4) is 11.5 Å². The van der Waals surface area contributed by atoms with E-state index in [1.54, 1.807) is 18.6 Å². The fraction of sp³-hybridized carbons (Fsp3) is 0.250. The number of benzene rings is 1. The molecule has 0 aliphatic carbocycles. The van der Waals surface area contributed by atoms with Gasteiger partial charge >= 0.3 is 0 Å². The minimum atomic E-state index is 0. The van der Waals surface area contributed by atoms with E-state index in [-0.39, 0.29) is 12.4 Å². The van der Waals surface area contributed by atoms with Crippen LogP contribution in [0.3, 0.4) is 0 Å². The lowest BCUT2D eigenvalue weighted by Crippen LogP contribution is -1.97. The molecule has 1 aromatic heterocycles. The molecule has 21 heavy (non-hydrogen) atoms. The monoisotopic (exact) mass is 306 g/mol. The van der Waals surface area contributed by atoms with Gasteiger partial charge in [-0.1, -0.05) is 0 Å². The van der Waals surface area contributed by atoms with Crippen LogP contribution in [0.5, 0.6) is 11.5 Å². The van der Waals surface area contributed by atoms with Crippen molar-refractivity contribution in [2.75, 3.05) is 13.2 Å². The van der Waals surface area contributed by atoms with Crippen LogP contribution in [-0.2, 0) is 0 Å². The van der Waals surface area contributed by atoms with Crippen LogP contribution in [0.25, 0.3) is 0 Å². The van der Waals surface area contributed by atoms with E-state index in [9.17, 15) is 0 Å². The first kappa shape index (κ1) is 17.0. The van der Waals surface area contributed by atoms with Crippen LogP contribution in [-0.4, -0.2) is 24.4 Å². The maximum absolute atomic E-state index is 5.57. The number of hydrogen-bond donors (Lipinski definition) is 0. The number of ether oxygens (including phenoxy) is 2. The zero-order chi connectivity index (χ0) is 14.2. The van der Waals surface area contributed by atoms with Crippen molar-refractivity contribution in [1.82, 2.24) is 4.98 Å². The van der Waals surface area contributed by atoms with Crippen molar-refractivity contribution in [3.05, 3.63) is 48.3 Å². The normalized spacial score (nSPS) is 10.2. The van der Waals surface area contributed by atoms with E-state index in [0.717, 1.165) is 22.7 Å². The molecule has 0 spiro atoms. The van der Waals surface area contributed by atoms with E-state index in [1.165, 1.54) is 0 Å². The molecule has 0 aliphatic heterocycles. The number of aromatic nitrogens is 1. The zero-order valence-electron chi connectivity index (χ0n) is 12.2. The van der Waals surface area contributed by atoms with Gasteiger partial charge < -0.3 is 9.47 Å². The van der Waals surface area contributed by atoms with E-state index in [4.69, 9.17) is 9.47 Å². The predicted molar refractivity (Wildman–Crippen MR) is 87.5 cm³/mol. The Morgan fingerprint density at radius 2 is 1.67 bits per heavy atom. The molecule has 0 amide bonds. The lowest BCUT2D eigenvalue weighted by molar-refractivity contribution is 0.288. The van der Waals surface area contributed by atoms with Gasteiger partial charge in [0.1, 0.15) is 0 Å². The summed E-state index contributed by atoms with van der Waals surface area (Å²) in [7, 11) is 0. The Kier molecular flexibility index (Phi) is 7.26. The fourth-order valence-corrected chi connectivity index (χ4v) is 1.72. The summed E-state index contributed by atoms with van der Waals surface area (Å²) in [6.07, 6.45) is 5.28. The third kappa shape index (κ3) is 5.08.